The summed E-state index contributed by atoms with van der Waals surface area (Å²) >= 11 is 3.35. The quantitative estimate of drug-likeness (QED) is 0.893. The van der Waals surface area contributed by atoms with Crippen LogP contribution in [-0.2, 0) is 6.54 Å². The number of urea groups is 1. The summed E-state index contributed by atoms with van der Waals surface area (Å²) in [5, 5.41) is 5.56. The minimum absolute atomic E-state index is 0.233. The standard InChI is InChI=1S/C15H15BrN2O2/c1-20-14-8-2-11(3-9-14)10-17-15(19)18-13-6-4-12(16)5-7-13/h2-9H,10H2,1H3,(H2,17,18,19). The van der Waals surface area contributed by atoms with Crippen LogP contribution >= 0.6 is 15.9 Å². The number of halogens is 1. The van der Waals surface area contributed by atoms with Crippen molar-refractivity contribution in [3.8, 4) is 5.75 Å². The van der Waals surface area contributed by atoms with E-state index < -0.39 is 0 Å². The first-order valence-electron chi connectivity index (χ1n) is 6.11. The molecule has 0 fully saturated rings. The van der Waals surface area contributed by atoms with Gasteiger partial charge in [-0.25, -0.2) is 4.79 Å². The zero-order valence-electron chi connectivity index (χ0n) is 11.0. The zero-order chi connectivity index (χ0) is 14.4. The molecule has 0 bridgehead atoms. The molecule has 2 aromatic carbocycles. The Morgan fingerprint density at radius 2 is 1.75 bits per heavy atom. The molecule has 2 aromatic rings. The van der Waals surface area contributed by atoms with Gasteiger partial charge in [0, 0.05) is 16.7 Å². The van der Waals surface area contributed by atoms with E-state index in [0.717, 1.165) is 21.5 Å². The van der Waals surface area contributed by atoms with E-state index in [1.807, 2.05) is 48.5 Å². The number of carbonyl (C=O) groups is 1. The molecule has 0 aliphatic rings. The van der Waals surface area contributed by atoms with E-state index in [0.29, 0.717) is 6.54 Å². The second-order valence-corrected chi connectivity index (χ2v) is 5.08. The molecule has 0 saturated heterocycles. The van der Waals surface area contributed by atoms with Gasteiger partial charge in [0.1, 0.15) is 5.75 Å². The summed E-state index contributed by atoms with van der Waals surface area (Å²) < 4.78 is 6.05. The molecule has 5 heteroatoms. The number of hydrogen-bond donors (Lipinski definition) is 2. The molecule has 2 rings (SSSR count). The topological polar surface area (TPSA) is 50.4 Å². The predicted octanol–water partition coefficient (Wildman–Crippen LogP) is 3.78. The van der Waals surface area contributed by atoms with E-state index in [9.17, 15) is 4.79 Å². The van der Waals surface area contributed by atoms with Crippen molar-refractivity contribution in [1.82, 2.24) is 5.32 Å². The molecular formula is C15H15BrN2O2. The first kappa shape index (κ1) is 14.4. The molecule has 0 aliphatic heterocycles. The monoisotopic (exact) mass is 334 g/mol. The third-order valence-electron chi connectivity index (χ3n) is 2.71. The Morgan fingerprint density at radius 1 is 1.10 bits per heavy atom. The van der Waals surface area contributed by atoms with Gasteiger partial charge in [-0.15, -0.1) is 0 Å². The fourth-order valence-electron chi connectivity index (χ4n) is 1.63. The van der Waals surface area contributed by atoms with E-state index in [-0.39, 0.29) is 6.03 Å². The van der Waals surface area contributed by atoms with Crippen LogP contribution in [-0.4, -0.2) is 13.1 Å². The van der Waals surface area contributed by atoms with Crippen LogP contribution in [0.15, 0.2) is 53.0 Å². The number of rotatable bonds is 4. The summed E-state index contributed by atoms with van der Waals surface area (Å²) in [6.07, 6.45) is 0. The van der Waals surface area contributed by atoms with E-state index in [2.05, 4.69) is 26.6 Å². The van der Waals surface area contributed by atoms with Crippen LogP contribution in [0.3, 0.4) is 0 Å². The lowest BCUT2D eigenvalue weighted by Crippen LogP contribution is -2.28. The van der Waals surface area contributed by atoms with E-state index in [1.165, 1.54) is 0 Å². The molecule has 0 atom stereocenters. The molecule has 0 aliphatic carbocycles. The van der Waals surface area contributed by atoms with E-state index in [4.69, 9.17) is 4.74 Å². The number of carbonyl (C=O) groups excluding carboxylic acids is 1. The van der Waals surface area contributed by atoms with Crippen molar-refractivity contribution < 1.29 is 9.53 Å². The van der Waals surface area contributed by atoms with Crippen LogP contribution in [0.4, 0.5) is 10.5 Å². The molecule has 0 radical (unpaired) electrons. The number of ether oxygens (including phenoxy) is 1. The van der Waals surface area contributed by atoms with Crippen molar-refractivity contribution in [2.75, 3.05) is 12.4 Å². The molecule has 0 saturated carbocycles. The van der Waals surface area contributed by atoms with Crippen LogP contribution in [0.5, 0.6) is 5.75 Å². The molecule has 0 heterocycles. The van der Waals surface area contributed by atoms with Gasteiger partial charge in [-0.05, 0) is 42.0 Å². The third-order valence-corrected chi connectivity index (χ3v) is 3.24. The molecule has 2 N–H and O–H groups in total. The second-order valence-electron chi connectivity index (χ2n) is 4.16. The van der Waals surface area contributed by atoms with Crippen molar-refractivity contribution in [3.63, 3.8) is 0 Å². The Kier molecular flexibility index (Phi) is 5.01. The summed E-state index contributed by atoms with van der Waals surface area (Å²) in [7, 11) is 1.62. The van der Waals surface area contributed by atoms with Crippen LogP contribution < -0.4 is 15.4 Å². The number of anilines is 1. The maximum atomic E-state index is 11.7. The summed E-state index contributed by atoms with van der Waals surface area (Å²) in [6.45, 7) is 0.465. The van der Waals surface area contributed by atoms with Gasteiger partial charge in [-0.2, -0.15) is 0 Å². The lowest BCUT2D eigenvalue weighted by atomic mass is 10.2. The van der Waals surface area contributed by atoms with Crippen molar-refractivity contribution in [2.24, 2.45) is 0 Å². The molecular weight excluding hydrogens is 320 g/mol. The zero-order valence-corrected chi connectivity index (χ0v) is 12.6. The number of amides is 2. The molecule has 2 amide bonds. The van der Waals surface area contributed by atoms with Crippen molar-refractivity contribution in [2.45, 2.75) is 6.54 Å². The minimum atomic E-state index is -0.233. The predicted molar refractivity (Wildman–Crippen MR) is 83.0 cm³/mol. The van der Waals surface area contributed by atoms with Crippen LogP contribution in [0, 0.1) is 0 Å². The Hall–Kier alpha value is -2.01. The number of benzene rings is 2. The minimum Gasteiger partial charge on any atom is -0.497 e. The second kappa shape index (κ2) is 6.96. The number of nitrogens with one attached hydrogen (secondary N) is 2. The molecule has 20 heavy (non-hydrogen) atoms. The largest absolute Gasteiger partial charge is 0.497 e. The van der Waals surface area contributed by atoms with Gasteiger partial charge < -0.3 is 15.4 Å². The fourth-order valence-corrected chi connectivity index (χ4v) is 1.90. The smallest absolute Gasteiger partial charge is 0.319 e. The third kappa shape index (κ3) is 4.28. The average molecular weight is 335 g/mol. The molecule has 0 unspecified atom stereocenters. The lowest BCUT2D eigenvalue weighted by molar-refractivity contribution is 0.251. The van der Waals surface area contributed by atoms with Crippen molar-refractivity contribution in [3.05, 3.63) is 58.6 Å². The Bertz CT molecular complexity index is 567. The highest BCUT2D eigenvalue weighted by molar-refractivity contribution is 9.10. The summed E-state index contributed by atoms with van der Waals surface area (Å²) in [6, 6.07) is 14.7. The van der Waals surface area contributed by atoms with Gasteiger partial charge in [0.15, 0.2) is 0 Å². The van der Waals surface area contributed by atoms with Crippen LogP contribution in [0.25, 0.3) is 0 Å². The first-order chi connectivity index (χ1) is 9.67. The van der Waals surface area contributed by atoms with Gasteiger partial charge in [-0.1, -0.05) is 28.1 Å². The SMILES string of the molecule is COc1ccc(CNC(=O)Nc2ccc(Br)cc2)cc1. The van der Waals surface area contributed by atoms with Gasteiger partial charge in [0.2, 0.25) is 0 Å². The highest BCUT2D eigenvalue weighted by Crippen LogP contribution is 2.14. The van der Waals surface area contributed by atoms with Crippen molar-refractivity contribution in [1.29, 1.82) is 0 Å². The van der Waals surface area contributed by atoms with Gasteiger partial charge in [0.25, 0.3) is 0 Å². The average Bonchev–Trinajstić information content (AvgIpc) is 2.48. The lowest BCUT2D eigenvalue weighted by Gasteiger charge is -2.08. The van der Waals surface area contributed by atoms with E-state index in [1.54, 1.807) is 7.11 Å². The Balaban J connectivity index is 1.83. The van der Waals surface area contributed by atoms with Crippen molar-refractivity contribution >= 4 is 27.6 Å². The maximum Gasteiger partial charge on any atom is 0.319 e. The van der Waals surface area contributed by atoms with Crippen LogP contribution in [0.1, 0.15) is 5.56 Å². The first-order valence-corrected chi connectivity index (χ1v) is 6.90. The summed E-state index contributed by atoms with van der Waals surface area (Å²) in [5.74, 6) is 0.799. The van der Waals surface area contributed by atoms with Gasteiger partial charge >= 0.3 is 6.03 Å². The van der Waals surface area contributed by atoms with Gasteiger partial charge in [-0.3, -0.25) is 0 Å². The Labute approximate surface area is 126 Å². The number of methoxy groups -OCH3 is 1. The Morgan fingerprint density at radius 3 is 2.35 bits per heavy atom. The van der Waals surface area contributed by atoms with Gasteiger partial charge in [0.05, 0.1) is 7.11 Å². The normalized spacial score (nSPS) is 9.90. The summed E-state index contributed by atoms with van der Waals surface area (Å²) in [5.41, 5.74) is 1.76. The maximum absolute atomic E-state index is 11.7. The van der Waals surface area contributed by atoms with Crippen LogP contribution in [0.2, 0.25) is 0 Å². The highest BCUT2D eigenvalue weighted by atomic mass is 79.9. The highest BCUT2D eigenvalue weighted by Gasteiger charge is 2.01. The fraction of sp³-hybridized carbons (Fsp3) is 0.133. The molecule has 0 spiro atoms. The molecule has 4 nitrogen and oxygen atoms in total. The molecule has 0 aromatic heterocycles. The number of hydrogen-bond acceptors (Lipinski definition) is 2. The molecule has 104 valence electrons. The van der Waals surface area contributed by atoms with E-state index >= 15 is 0 Å². The summed E-state index contributed by atoms with van der Waals surface area (Å²) in [4.78, 5) is 11.7.